The van der Waals surface area contributed by atoms with Crippen molar-refractivity contribution >= 4 is 5.78 Å². The van der Waals surface area contributed by atoms with Gasteiger partial charge in [0, 0.05) is 44.6 Å². The number of Topliss-reactive ketones (excluding diaryl/α,β-unsaturated/α-hetero) is 1. The summed E-state index contributed by atoms with van der Waals surface area (Å²) in [4.78, 5) is 16.4. The van der Waals surface area contributed by atoms with E-state index in [9.17, 15) is 4.79 Å². The van der Waals surface area contributed by atoms with Crippen molar-refractivity contribution in [3.05, 3.63) is 0 Å². The molecule has 0 aromatic heterocycles. The van der Waals surface area contributed by atoms with Crippen LogP contribution in [0.1, 0.15) is 20.3 Å². The minimum absolute atomic E-state index is 0.171. The van der Waals surface area contributed by atoms with Crippen LogP contribution in [-0.4, -0.2) is 67.6 Å². The number of ether oxygens (including phenoxy) is 1. The predicted octanol–water partition coefficient (Wildman–Crippen LogP) is 0.616. The SMILES string of the molecule is CC1C(=O)CCN(CC2CN(C)CCO2)C1C. The minimum Gasteiger partial charge on any atom is -0.374 e. The van der Waals surface area contributed by atoms with E-state index in [4.69, 9.17) is 4.74 Å². The lowest BCUT2D eigenvalue weighted by Gasteiger charge is -2.40. The van der Waals surface area contributed by atoms with Crippen molar-refractivity contribution in [3.63, 3.8) is 0 Å². The molecule has 0 N–H and O–H groups in total. The van der Waals surface area contributed by atoms with Crippen molar-refractivity contribution in [2.45, 2.75) is 32.4 Å². The second-order valence-corrected chi connectivity index (χ2v) is 5.50. The summed E-state index contributed by atoms with van der Waals surface area (Å²) in [6.45, 7) is 8.93. The maximum Gasteiger partial charge on any atom is 0.138 e. The molecular formula is C13H24N2O2. The molecule has 0 saturated carbocycles. The van der Waals surface area contributed by atoms with Crippen molar-refractivity contribution in [1.29, 1.82) is 0 Å². The third-order valence-electron chi connectivity index (χ3n) is 4.23. The first-order valence-corrected chi connectivity index (χ1v) is 6.65. The number of piperidine rings is 1. The third kappa shape index (κ3) is 3.06. The van der Waals surface area contributed by atoms with Crippen LogP contribution in [0.3, 0.4) is 0 Å². The van der Waals surface area contributed by atoms with Crippen LogP contribution in [0.2, 0.25) is 0 Å². The van der Waals surface area contributed by atoms with Crippen molar-refractivity contribution in [2.24, 2.45) is 5.92 Å². The highest BCUT2D eigenvalue weighted by Crippen LogP contribution is 2.21. The first kappa shape index (κ1) is 13.0. The zero-order valence-electron chi connectivity index (χ0n) is 11.2. The van der Waals surface area contributed by atoms with Crippen molar-refractivity contribution in [1.82, 2.24) is 9.80 Å². The van der Waals surface area contributed by atoms with E-state index in [0.29, 0.717) is 24.3 Å². The smallest absolute Gasteiger partial charge is 0.138 e. The number of likely N-dealkylation sites (N-methyl/N-ethyl adjacent to an activating group) is 1. The van der Waals surface area contributed by atoms with E-state index in [1.807, 2.05) is 6.92 Å². The summed E-state index contributed by atoms with van der Waals surface area (Å²) in [5.74, 6) is 0.584. The number of likely N-dealkylation sites (tertiary alicyclic amines) is 1. The molecule has 3 atom stereocenters. The van der Waals surface area contributed by atoms with Gasteiger partial charge in [-0.15, -0.1) is 0 Å². The molecule has 17 heavy (non-hydrogen) atoms. The molecular weight excluding hydrogens is 216 g/mol. The lowest BCUT2D eigenvalue weighted by atomic mass is 9.90. The molecule has 4 nitrogen and oxygen atoms in total. The zero-order chi connectivity index (χ0) is 12.4. The van der Waals surface area contributed by atoms with Gasteiger partial charge in [-0.2, -0.15) is 0 Å². The molecule has 2 fully saturated rings. The maximum atomic E-state index is 11.6. The van der Waals surface area contributed by atoms with Gasteiger partial charge in [-0.25, -0.2) is 0 Å². The molecule has 0 radical (unpaired) electrons. The Hall–Kier alpha value is -0.450. The topological polar surface area (TPSA) is 32.8 Å². The number of hydrogen-bond acceptors (Lipinski definition) is 4. The van der Waals surface area contributed by atoms with Gasteiger partial charge < -0.3 is 9.64 Å². The maximum absolute atomic E-state index is 11.6. The zero-order valence-corrected chi connectivity index (χ0v) is 11.2. The van der Waals surface area contributed by atoms with Crippen LogP contribution < -0.4 is 0 Å². The molecule has 0 bridgehead atoms. The van der Waals surface area contributed by atoms with Gasteiger partial charge in [-0.3, -0.25) is 9.69 Å². The molecule has 2 aliphatic heterocycles. The van der Waals surface area contributed by atoms with Crippen LogP contribution >= 0.6 is 0 Å². The standard InChI is InChI=1S/C13H24N2O2/c1-10-11(2)15(5-4-13(10)16)9-12-8-14(3)6-7-17-12/h10-12H,4-9H2,1-3H3. The number of hydrogen-bond donors (Lipinski definition) is 0. The fourth-order valence-electron chi connectivity index (χ4n) is 2.77. The second kappa shape index (κ2) is 5.46. The highest BCUT2D eigenvalue weighted by Gasteiger charge is 2.32. The molecule has 98 valence electrons. The van der Waals surface area contributed by atoms with Gasteiger partial charge >= 0.3 is 0 Å². The monoisotopic (exact) mass is 240 g/mol. The van der Waals surface area contributed by atoms with Gasteiger partial charge in [0.05, 0.1) is 12.7 Å². The molecule has 0 aromatic carbocycles. The number of carbonyl (C=O) groups is 1. The Morgan fingerprint density at radius 2 is 2.12 bits per heavy atom. The van der Waals surface area contributed by atoms with Gasteiger partial charge in [-0.05, 0) is 14.0 Å². The number of morpholine rings is 1. The molecule has 2 rings (SSSR count). The van der Waals surface area contributed by atoms with E-state index < -0.39 is 0 Å². The normalized spacial score (nSPS) is 37.4. The summed E-state index contributed by atoms with van der Waals surface area (Å²) in [5, 5.41) is 0. The Morgan fingerprint density at radius 3 is 2.82 bits per heavy atom. The molecule has 2 saturated heterocycles. The summed E-state index contributed by atoms with van der Waals surface area (Å²) in [6.07, 6.45) is 1.00. The van der Waals surface area contributed by atoms with E-state index in [1.54, 1.807) is 0 Å². The molecule has 3 unspecified atom stereocenters. The van der Waals surface area contributed by atoms with Crippen LogP contribution in [0.15, 0.2) is 0 Å². The lowest BCUT2D eigenvalue weighted by Crippen LogP contribution is -2.53. The highest BCUT2D eigenvalue weighted by atomic mass is 16.5. The fourth-order valence-corrected chi connectivity index (χ4v) is 2.77. The van der Waals surface area contributed by atoms with E-state index in [2.05, 4.69) is 23.8 Å². The van der Waals surface area contributed by atoms with Crippen LogP contribution in [-0.2, 0) is 9.53 Å². The van der Waals surface area contributed by atoms with Crippen LogP contribution in [0.4, 0.5) is 0 Å². The van der Waals surface area contributed by atoms with Gasteiger partial charge in [-0.1, -0.05) is 6.92 Å². The van der Waals surface area contributed by atoms with E-state index in [0.717, 1.165) is 32.8 Å². The molecule has 4 heteroatoms. The number of carbonyl (C=O) groups excluding carboxylic acids is 1. The van der Waals surface area contributed by atoms with Crippen LogP contribution in [0.5, 0.6) is 0 Å². The van der Waals surface area contributed by atoms with Crippen molar-refractivity contribution < 1.29 is 9.53 Å². The number of nitrogens with zero attached hydrogens (tertiary/aromatic N) is 2. The van der Waals surface area contributed by atoms with E-state index in [-0.39, 0.29) is 5.92 Å². The second-order valence-electron chi connectivity index (χ2n) is 5.50. The van der Waals surface area contributed by atoms with Crippen LogP contribution in [0, 0.1) is 5.92 Å². The lowest BCUT2D eigenvalue weighted by molar-refractivity contribution is -0.129. The van der Waals surface area contributed by atoms with Gasteiger partial charge in [0.1, 0.15) is 5.78 Å². The quantitative estimate of drug-likeness (QED) is 0.708. The molecule has 2 aliphatic rings. The summed E-state index contributed by atoms with van der Waals surface area (Å²) in [7, 11) is 2.14. The van der Waals surface area contributed by atoms with E-state index >= 15 is 0 Å². The van der Waals surface area contributed by atoms with Crippen molar-refractivity contribution in [2.75, 3.05) is 39.8 Å². The summed E-state index contributed by atoms with van der Waals surface area (Å²) >= 11 is 0. The minimum atomic E-state index is 0.171. The highest BCUT2D eigenvalue weighted by molar-refractivity contribution is 5.82. The number of ketones is 1. The first-order valence-electron chi connectivity index (χ1n) is 6.65. The predicted molar refractivity (Wildman–Crippen MR) is 67.1 cm³/mol. The Bertz CT molecular complexity index is 283. The Balaban J connectivity index is 1.88. The van der Waals surface area contributed by atoms with Gasteiger partial charge in [0.15, 0.2) is 0 Å². The average molecular weight is 240 g/mol. The molecule has 0 aromatic rings. The first-order chi connectivity index (χ1) is 8.08. The Labute approximate surface area is 104 Å². The van der Waals surface area contributed by atoms with Crippen LogP contribution in [0.25, 0.3) is 0 Å². The molecule has 0 spiro atoms. The average Bonchev–Trinajstić information content (AvgIpc) is 2.30. The largest absolute Gasteiger partial charge is 0.374 e. The number of rotatable bonds is 2. The van der Waals surface area contributed by atoms with Gasteiger partial charge in [0.2, 0.25) is 0 Å². The Kier molecular flexibility index (Phi) is 4.17. The fraction of sp³-hybridized carbons (Fsp3) is 0.923. The van der Waals surface area contributed by atoms with Gasteiger partial charge in [0.25, 0.3) is 0 Å². The van der Waals surface area contributed by atoms with Crippen molar-refractivity contribution in [3.8, 4) is 0 Å². The summed E-state index contributed by atoms with van der Waals surface area (Å²) in [5.41, 5.74) is 0. The van der Waals surface area contributed by atoms with E-state index in [1.165, 1.54) is 0 Å². The molecule has 2 heterocycles. The Morgan fingerprint density at radius 1 is 1.35 bits per heavy atom. The third-order valence-corrected chi connectivity index (χ3v) is 4.23. The summed E-state index contributed by atoms with van der Waals surface area (Å²) < 4.78 is 5.79. The molecule has 0 amide bonds. The summed E-state index contributed by atoms with van der Waals surface area (Å²) in [6, 6.07) is 0.354. The molecule has 0 aliphatic carbocycles.